The Hall–Kier alpha value is -4.56. The maximum atomic E-state index is 2.36. The van der Waals surface area contributed by atoms with E-state index in [1.165, 1.54) is 54.8 Å². The fourth-order valence-corrected chi connectivity index (χ4v) is 5.32. The molecular formula is C34H26N2. The molecule has 0 fully saturated rings. The second-order valence-corrected chi connectivity index (χ2v) is 9.60. The van der Waals surface area contributed by atoms with E-state index in [-0.39, 0.29) is 0 Å². The van der Waals surface area contributed by atoms with E-state index in [0.717, 1.165) is 13.1 Å². The van der Waals surface area contributed by atoms with Crippen molar-refractivity contribution in [2.45, 2.75) is 13.1 Å². The lowest BCUT2D eigenvalue weighted by atomic mass is 10.0. The van der Waals surface area contributed by atoms with Gasteiger partial charge in [-0.15, -0.1) is 0 Å². The molecule has 0 saturated heterocycles. The minimum absolute atomic E-state index is 0.858. The summed E-state index contributed by atoms with van der Waals surface area (Å²) in [4.78, 5) is 0. The molecule has 2 nitrogen and oxygen atoms in total. The number of aromatic nitrogens is 2. The quantitative estimate of drug-likeness (QED) is 0.243. The average molecular weight is 463 g/mol. The zero-order chi connectivity index (χ0) is 23.9. The third-order valence-corrected chi connectivity index (χ3v) is 7.24. The SMILES string of the molecule is c1ccc(Cn2ccc3ccc(-c4ccc5ccn(Cc6ccc7ccccc7c6)c5c4)cc32)cc1. The van der Waals surface area contributed by atoms with Gasteiger partial charge in [0.2, 0.25) is 0 Å². The standard InChI is InChI=1S/C34H26N2/c1-2-6-25(7-3-1)23-35-18-16-28-12-14-31(21-33(28)35)32-15-13-29-17-19-36(34(29)22-32)24-26-10-11-27-8-4-5-9-30(27)20-26/h1-22H,23-24H2. The first-order valence-corrected chi connectivity index (χ1v) is 12.5. The van der Waals surface area contributed by atoms with Crippen molar-refractivity contribution in [2.24, 2.45) is 0 Å². The summed E-state index contributed by atoms with van der Waals surface area (Å²) in [7, 11) is 0. The van der Waals surface area contributed by atoms with E-state index in [1.807, 2.05) is 0 Å². The minimum Gasteiger partial charge on any atom is -0.343 e. The van der Waals surface area contributed by atoms with Crippen LogP contribution >= 0.6 is 0 Å². The Labute approximate surface area is 210 Å². The van der Waals surface area contributed by atoms with Crippen molar-refractivity contribution in [3.63, 3.8) is 0 Å². The molecule has 2 aromatic heterocycles. The molecular weight excluding hydrogens is 436 g/mol. The Morgan fingerprint density at radius 3 is 1.61 bits per heavy atom. The molecule has 0 bridgehead atoms. The van der Waals surface area contributed by atoms with E-state index in [2.05, 4.69) is 143 Å². The molecule has 7 aromatic rings. The summed E-state index contributed by atoms with van der Waals surface area (Å²) in [6, 6.07) is 44.1. The van der Waals surface area contributed by atoms with E-state index in [0.29, 0.717) is 0 Å². The number of rotatable bonds is 5. The van der Waals surface area contributed by atoms with Crippen LogP contribution in [0.15, 0.2) is 134 Å². The van der Waals surface area contributed by atoms with Crippen LogP contribution in [0, 0.1) is 0 Å². The van der Waals surface area contributed by atoms with Crippen molar-refractivity contribution in [3.8, 4) is 11.1 Å². The van der Waals surface area contributed by atoms with Crippen molar-refractivity contribution < 1.29 is 0 Å². The van der Waals surface area contributed by atoms with Crippen molar-refractivity contribution >= 4 is 32.6 Å². The van der Waals surface area contributed by atoms with Crippen molar-refractivity contribution in [3.05, 3.63) is 145 Å². The molecule has 0 N–H and O–H groups in total. The Kier molecular flexibility index (Phi) is 4.96. The van der Waals surface area contributed by atoms with Gasteiger partial charge in [0.15, 0.2) is 0 Å². The number of nitrogens with zero attached hydrogens (tertiary/aromatic N) is 2. The predicted octanol–water partition coefficient (Wildman–Crippen LogP) is 8.51. The van der Waals surface area contributed by atoms with Crippen LogP contribution < -0.4 is 0 Å². The molecule has 0 aliphatic carbocycles. The van der Waals surface area contributed by atoms with Gasteiger partial charge in [-0.1, -0.05) is 91.0 Å². The normalized spacial score (nSPS) is 11.6. The largest absolute Gasteiger partial charge is 0.343 e. The smallest absolute Gasteiger partial charge is 0.0489 e. The fourth-order valence-electron chi connectivity index (χ4n) is 5.32. The Morgan fingerprint density at radius 1 is 0.389 bits per heavy atom. The van der Waals surface area contributed by atoms with Crippen molar-refractivity contribution in [1.82, 2.24) is 9.13 Å². The molecule has 0 amide bonds. The molecule has 0 atom stereocenters. The summed E-state index contributed by atoms with van der Waals surface area (Å²) >= 11 is 0. The van der Waals surface area contributed by atoms with Gasteiger partial charge in [-0.2, -0.15) is 0 Å². The maximum absolute atomic E-state index is 2.36. The first-order valence-electron chi connectivity index (χ1n) is 12.5. The summed E-state index contributed by atoms with van der Waals surface area (Å²) in [6.45, 7) is 1.73. The topological polar surface area (TPSA) is 9.86 Å². The van der Waals surface area contributed by atoms with E-state index < -0.39 is 0 Å². The van der Waals surface area contributed by atoms with Gasteiger partial charge in [-0.25, -0.2) is 0 Å². The van der Waals surface area contributed by atoms with Gasteiger partial charge in [-0.3, -0.25) is 0 Å². The molecule has 172 valence electrons. The second kappa shape index (κ2) is 8.58. The number of benzene rings is 5. The Morgan fingerprint density at radius 2 is 0.944 bits per heavy atom. The molecule has 7 rings (SSSR count). The molecule has 2 heterocycles. The highest BCUT2D eigenvalue weighted by Crippen LogP contribution is 2.29. The van der Waals surface area contributed by atoms with Crippen LogP contribution in [0.2, 0.25) is 0 Å². The van der Waals surface area contributed by atoms with Gasteiger partial charge >= 0.3 is 0 Å². The molecule has 36 heavy (non-hydrogen) atoms. The van der Waals surface area contributed by atoms with Gasteiger partial charge in [0, 0.05) is 36.5 Å². The fraction of sp³-hybridized carbons (Fsp3) is 0.0588. The highest BCUT2D eigenvalue weighted by molar-refractivity contribution is 5.90. The van der Waals surface area contributed by atoms with E-state index in [4.69, 9.17) is 0 Å². The zero-order valence-corrected chi connectivity index (χ0v) is 20.0. The van der Waals surface area contributed by atoms with Gasteiger partial charge < -0.3 is 9.13 Å². The summed E-state index contributed by atoms with van der Waals surface area (Å²) in [6.07, 6.45) is 4.40. The van der Waals surface area contributed by atoms with Gasteiger partial charge in [0.1, 0.15) is 0 Å². The van der Waals surface area contributed by atoms with Gasteiger partial charge in [-0.05, 0) is 74.1 Å². The molecule has 0 radical (unpaired) electrons. The van der Waals surface area contributed by atoms with Crippen LogP contribution in [-0.2, 0) is 13.1 Å². The van der Waals surface area contributed by atoms with Crippen LogP contribution in [0.4, 0.5) is 0 Å². The highest BCUT2D eigenvalue weighted by atomic mass is 15.0. The summed E-state index contributed by atoms with van der Waals surface area (Å²) in [5.74, 6) is 0. The molecule has 0 saturated carbocycles. The number of hydrogen-bond donors (Lipinski definition) is 0. The molecule has 0 spiro atoms. The first kappa shape index (κ1) is 20.8. The van der Waals surface area contributed by atoms with E-state index in [9.17, 15) is 0 Å². The Balaban J connectivity index is 1.24. The lowest BCUT2D eigenvalue weighted by molar-refractivity contribution is 0.837. The second-order valence-electron chi connectivity index (χ2n) is 9.60. The number of fused-ring (bicyclic) bond motifs is 3. The van der Waals surface area contributed by atoms with Crippen LogP contribution in [0.3, 0.4) is 0 Å². The van der Waals surface area contributed by atoms with Crippen LogP contribution in [0.1, 0.15) is 11.1 Å². The van der Waals surface area contributed by atoms with Crippen molar-refractivity contribution in [2.75, 3.05) is 0 Å². The third kappa shape index (κ3) is 3.77. The highest BCUT2D eigenvalue weighted by Gasteiger charge is 2.08. The zero-order valence-electron chi connectivity index (χ0n) is 20.0. The third-order valence-electron chi connectivity index (χ3n) is 7.24. The molecule has 0 aliphatic rings. The summed E-state index contributed by atoms with van der Waals surface area (Å²) in [5, 5.41) is 5.12. The summed E-state index contributed by atoms with van der Waals surface area (Å²) in [5.41, 5.74) is 7.65. The first-order chi connectivity index (χ1) is 17.8. The average Bonchev–Trinajstić information content (AvgIpc) is 3.52. The molecule has 5 aromatic carbocycles. The predicted molar refractivity (Wildman–Crippen MR) is 151 cm³/mol. The van der Waals surface area contributed by atoms with E-state index in [1.54, 1.807) is 0 Å². The van der Waals surface area contributed by atoms with Gasteiger partial charge in [0.05, 0.1) is 0 Å². The monoisotopic (exact) mass is 462 g/mol. The van der Waals surface area contributed by atoms with Gasteiger partial charge in [0.25, 0.3) is 0 Å². The Bertz CT molecular complexity index is 1840. The summed E-state index contributed by atoms with van der Waals surface area (Å²) < 4.78 is 4.70. The molecule has 0 aliphatic heterocycles. The number of hydrogen-bond acceptors (Lipinski definition) is 0. The molecule has 0 unspecified atom stereocenters. The lowest BCUT2D eigenvalue weighted by Crippen LogP contribution is -1.98. The maximum Gasteiger partial charge on any atom is 0.0489 e. The van der Waals surface area contributed by atoms with Crippen LogP contribution in [-0.4, -0.2) is 9.13 Å². The minimum atomic E-state index is 0.858. The van der Waals surface area contributed by atoms with E-state index >= 15 is 0 Å². The van der Waals surface area contributed by atoms with Crippen molar-refractivity contribution in [1.29, 1.82) is 0 Å². The van der Waals surface area contributed by atoms with Crippen LogP contribution in [0.5, 0.6) is 0 Å². The van der Waals surface area contributed by atoms with Crippen LogP contribution in [0.25, 0.3) is 43.7 Å². The molecule has 2 heteroatoms. The lowest BCUT2D eigenvalue weighted by Gasteiger charge is -2.10.